The van der Waals surface area contributed by atoms with Gasteiger partial charge in [-0.3, -0.25) is 4.79 Å². The fourth-order valence-corrected chi connectivity index (χ4v) is 3.23. The molecule has 21 heavy (non-hydrogen) atoms. The lowest BCUT2D eigenvalue weighted by molar-refractivity contribution is -0.140. The van der Waals surface area contributed by atoms with Gasteiger partial charge in [0.1, 0.15) is 0 Å². The molecule has 0 heterocycles. The largest absolute Gasteiger partial charge is 0.478 e. The zero-order valence-corrected chi connectivity index (χ0v) is 12.9. The Labute approximate surface area is 126 Å². The summed E-state index contributed by atoms with van der Waals surface area (Å²) in [6.45, 7) is 1.21. The van der Waals surface area contributed by atoms with Crippen LogP contribution < -0.4 is 4.72 Å². The first-order chi connectivity index (χ1) is 9.69. The molecule has 0 amide bonds. The van der Waals surface area contributed by atoms with Crippen LogP contribution in [0.5, 0.6) is 0 Å². The zero-order chi connectivity index (χ0) is 16.2. The number of ether oxygens (including phenoxy) is 1. The van der Waals surface area contributed by atoms with Gasteiger partial charge in [0, 0.05) is 11.6 Å². The summed E-state index contributed by atoms with van der Waals surface area (Å²) >= 11 is 5.75. The van der Waals surface area contributed by atoms with Crippen molar-refractivity contribution in [3.63, 3.8) is 0 Å². The van der Waals surface area contributed by atoms with E-state index in [9.17, 15) is 18.0 Å². The molecular weight excluding hydrogens is 322 g/mol. The number of hydrogen-bond donors (Lipinski definition) is 2. The molecule has 7 nitrogen and oxygen atoms in total. The van der Waals surface area contributed by atoms with Crippen molar-refractivity contribution < 1.29 is 27.9 Å². The second-order valence-electron chi connectivity index (χ2n) is 4.11. The third-order valence-corrected chi connectivity index (χ3v) is 4.50. The van der Waals surface area contributed by atoms with Crippen LogP contribution in [0.1, 0.15) is 22.3 Å². The summed E-state index contributed by atoms with van der Waals surface area (Å²) in [4.78, 5) is 21.8. The number of halogens is 1. The van der Waals surface area contributed by atoms with Gasteiger partial charge in [-0.25, -0.2) is 17.9 Å². The van der Waals surface area contributed by atoms with Gasteiger partial charge in [0.25, 0.3) is 0 Å². The summed E-state index contributed by atoms with van der Waals surface area (Å²) in [7, 11) is -2.79. The highest BCUT2D eigenvalue weighted by molar-refractivity contribution is 7.89. The lowest BCUT2D eigenvalue weighted by Crippen LogP contribution is -2.27. The van der Waals surface area contributed by atoms with Crippen molar-refractivity contribution in [1.29, 1.82) is 0 Å². The third kappa shape index (κ3) is 4.42. The van der Waals surface area contributed by atoms with E-state index >= 15 is 0 Å². The van der Waals surface area contributed by atoms with E-state index < -0.39 is 22.0 Å². The molecule has 0 atom stereocenters. The molecular formula is C12H14ClNO6S. The van der Waals surface area contributed by atoms with Gasteiger partial charge in [0.2, 0.25) is 10.0 Å². The van der Waals surface area contributed by atoms with Crippen molar-refractivity contribution in [2.24, 2.45) is 0 Å². The van der Waals surface area contributed by atoms with Gasteiger partial charge in [-0.2, -0.15) is 0 Å². The number of methoxy groups -OCH3 is 1. The molecule has 0 aromatic heterocycles. The number of sulfonamides is 1. The highest BCUT2D eigenvalue weighted by atomic mass is 35.5. The second kappa shape index (κ2) is 6.88. The minimum atomic E-state index is -3.98. The highest BCUT2D eigenvalue weighted by Crippen LogP contribution is 2.24. The summed E-state index contributed by atoms with van der Waals surface area (Å²) < 4.78 is 30.9. The van der Waals surface area contributed by atoms with Crippen LogP contribution in [0.4, 0.5) is 0 Å². The number of carbonyl (C=O) groups is 2. The van der Waals surface area contributed by atoms with E-state index in [-0.39, 0.29) is 34.0 Å². The Kier molecular flexibility index (Phi) is 5.70. The summed E-state index contributed by atoms with van der Waals surface area (Å²) in [5.74, 6) is -1.84. The molecule has 0 saturated carbocycles. The Balaban J connectivity index is 3.08. The average molecular weight is 336 g/mol. The Morgan fingerprint density at radius 2 is 2.00 bits per heavy atom. The lowest BCUT2D eigenvalue weighted by Gasteiger charge is -2.11. The van der Waals surface area contributed by atoms with Gasteiger partial charge < -0.3 is 9.84 Å². The van der Waals surface area contributed by atoms with Crippen molar-refractivity contribution in [1.82, 2.24) is 4.72 Å². The average Bonchev–Trinajstić information content (AvgIpc) is 2.40. The van der Waals surface area contributed by atoms with E-state index in [0.29, 0.717) is 0 Å². The van der Waals surface area contributed by atoms with Crippen molar-refractivity contribution in [3.05, 3.63) is 28.3 Å². The minimum absolute atomic E-state index is 0.00802. The van der Waals surface area contributed by atoms with Crippen LogP contribution in [-0.2, 0) is 19.6 Å². The van der Waals surface area contributed by atoms with Gasteiger partial charge in [-0.05, 0) is 24.6 Å². The molecule has 0 aliphatic heterocycles. The molecule has 2 N–H and O–H groups in total. The first kappa shape index (κ1) is 17.4. The Morgan fingerprint density at radius 3 is 2.52 bits per heavy atom. The highest BCUT2D eigenvalue weighted by Gasteiger charge is 2.22. The molecule has 116 valence electrons. The lowest BCUT2D eigenvalue weighted by atomic mass is 10.1. The van der Waals surface area contributed by atoms with Crippen LogP contribution in [0.3, 0.4) is 0 Å². The number of aromatic carboxylic acids is 1. The number of rotatable bonds is 6. The number of hydrogen-bond acceptors (Lipinski definition) is 5. The maximum absolute atomic E-state index is 12.1. The molecule has 0 bridgehead atoms. The first-order valence-electron chi connectivity index (χ1n) is 5.79. The van der Waals surface area contributed by atoms with Crippen molar-refractivity contribution in [2.45, 2.75) is 18.2 Å². The molecule has 0 fully saturated rings. The van der Waals surface area contributed by atoms with Crippen LogP contribution in [0.25, 0.3) is 0 Å². The van der Waals surface area contributed by atoms with Gasteiger partial charge in [-0.1, -0.05) is 11.6 Å². The number of esters is 1. The monoisotopic (exact) mass is 335 g/mol. The molecule has 0 unspecified atom stereocenters. The number of nitrogens with one attached hydrogen (secondary N) is 1. The molecule has 1 aromatic carbocycles. The van der Waals surface area contributed by atoms with Crippen molar-refractivity contribution >= 4 is 33.6 Å². The molecule has 1 rings (SSSR count). The maximum Gasteiger partial charge on any atom is 0.336 e. The summed E-state index contributed by atoms with van der Waals surface area (Å²) in [5.41, 5.74) is -0.131. The standard InChI is InChI=1S/C12H14ClNO6S/c1-7-9(12(16)17)5-8(13)6-10(7)21(18,19)14-4-3-11(15)20-2/h5-6,14H,3-4H2,1-2H3,(H,16,17). The van der Waals surface area contributed by atoms with E-state index in [2.05, 4.69) is 9.46 Å². The fraction of sp³-hybridized carbons (Fsp3) is 0.333. The third-order valence-electron chi connectivity index (χ3n) is 2.69. The van der Waals surface area contributed by atoms with E-state index in [1.165, 1.54) is 20.1 Å². The number of carboxylic acids is 1. The van der Waals surface area contributed by atoms with Gasteiger partial charge in [0.15, 0.2) is 0 Å². The van der Waals surface area contributed by atoms with Gasteiger partial charge in [0.05, 0.1) is 24.0 Å². The van der Waals surface area contributed by atoms with Crippen molar-refractivity contribution in [2.75, 3.05) is 13.7 Å². The van der Waals surface area contributed by atoms with Crippen LogP contribution in [0.2, 0.25) is 5.02 Å². The Morgan fingerprint density at radius 1 is 1.38 bits per heavy atom. The van der Waals surface area contributed by atoms with Crippen LogP contribution in [0, 0.1) is 6.92 Å². The van der Waals surface area contributed by atoms with E-state index in [4.69, 9.17) is 16.7 Å². The van der Waals surface area contributed by atoms with Gasteiger partial charge in [-0.15, -0.1) is 0 Å². The van der Waals surface area contributed by atoms with Crippen LogP contribution in [0.15, 0.2) is 17.0 Å². The Hall–Kier alpha value is -1.64. The van der Waals surface area contributed by atoms with E-state index in [1.54, 1.807) is 0 Å². The summed E-state index contributed by atoms with van der Waals surface area (Å²) in [6.07, 6.45) is -0.138. The number of carboxylic acid groups (broad SMARTS) is 1. The number of benzene rings is 1. The minimum Gasteiger partial charge on any atom is -0.478 e. The van der Waals surface area contributed by atoms with Crippen LogP contribution >= 0.6 is 11.6 Å². The molecule has 0 aliphatic rings. The van der Waals surface area contributed by atoms with Crippen molar-refractivity contribution in [3.8, 4) is 0 Å². The Bertz CT molecular complexity index is 671. The SMILES string of the molecule is COC(=O)CCNS(=O)(=O)c1cc(Cl)cc(C(=O)O)c1C. The topological polar surface area (TPSA) is 110 Å². The molecule has 0 aliphatic carbocycles. The normalized spacial score (nSPS) is 11.2. The second-order valence-corrected chi connectivity index (χ2v) is 6.28. The maximum atomic E-state index is 12.1. The predicted molar refractivity (Wildman–Crippen MR) is 75.0 cm³/mol. The number of carbonyl (C=O) groups excluding carboxylic acids is 1. The molecule has 0 radical (unpaired) electrons. The fourth-order valence-electron chi connectivity index (χ4n) is 1.62. The molecule has 1 aromatic rings. The molecule has 9 heteroatoms. The summed E-state index contributed by atoms with van der Waals surface area (Å²) in [6, 6.07) is 2.33. The van der Waals surface area contributed by atoms with E-state index in [0.717, 1.165) is 6.07 Å². The van der Waals surface area contributed by atoms with E-state index in [1.807, 2.05) is 0 Å². The summed E-state index contributed by atoms with van der Waals surface area (Å²) in [5, 5.41) is 9.02. The molecule has 0 saturated heterocycles. The first-order valence-corrected chi connectivity index (χ1v) is 7.65. The zero-order valence-electron chi connectivity index (χ0n) is 11.3. The smallest absolute Gasteiger partial charge is 0.336 e. The quantitative estimate of drug-likeness (QED) is 0.756. The molecule has 0 spiro atoms. The van der Waals surface area contributed by atoms with Gasteiger partial charge >= 0.3 is 11.9 Å². The van der Waals surface area contributed by atoms with Crippen LogP contribution in [-0.4, -0.2) is 39.1 Å². The predicted octanol–water partition coefficient (Wildman–Crippen LogP) is 1.19.